The predicted molar refractivity (Wildman–Crippen MR) is 92.4 cm³/mol. The van der Waals surface area contributed by atoms with Gasteiger partial charge < -0.3 is 20.4 Å². The second-order valence-corrected chi connectivity index (χ2v) is 6.01. The molecule has 0 unspecified atom stereocenters. The van der Waals surface area contributed by atoms with Crippen molar-refractivity contribution in [3.63, 3.8) is 0 Å². The molecule has 1 aliphatic rings. The molecule has 0 atom stereocenters. The van der Waals surface area contributed by atoms with E-state index >= 15 is 0 Å². The molecule has 0 amide bonds. The minimum atomic E-state index is 0.434. The fourth-order valence-electron chi connectivity index (χ4n) is 2.63. The Labute approximate surface area is 133 Å². The maximum atomic E-state index is 5.95. The Hall–Kier alpha value is -1.75. The van der Waals surface area contributed by atoms with Crippen molar-refractivity contribution in [1.82, 2.24) is 4.90 Å². The first kappa shape index (κ1) is 16.6. The minimum absolute atomic E-state index is 0.434. The lowest BCUT2D eigenvalue weighted by atomic mass is 10.1. The number of anilines is 1. The van der Waals surface area contributed by atoms with Crippen LogP contribution in [0.2, 0.25) is 0 Å². The van der Waals surface area contributed by atoms with E-state index in [1.54, 1.807) is 0 Å². The van der Waals surface area contributed by atoms with E-state index in [4.69, 9.17) is 10.6 Å². The van der Waals surface area contributed by atoms with Crippen molar-refractivity contribution < 1.29 is 4.84 Å². The highest BCUT2D eigenvalue weighted by molar-refractivity contribution is 5.97. The van der Waals surface area contributed by atoms with E-state index in [1.807, 2.05) is 43.3 Å². The molecule has 5 nitrogen and oxygen atoms in total. The van der Waals surface area contributed by atoms with E-state index in [1.165, 1.54) is 32.4 Å². The first-order chi connectivity index (χ1) is 10.7. The lowest BCUT2D eigenvalue weighted by Crippen LogP contribution is -2.31. The van der Waals surface area contributed by atoms with E-state index < -0.39 is 0 Å². The summed E-state index contributed by atoms with van der Waals surface area (Å²) < 4.78 is 0. The molecule has 0 aliphatic carbocycles. The number of nitrogens with zero attached hydrogens (tertiary/aromatic N) is 3. The normalized spacial score (nSPS) is 16.5. The minimum Gasteiger partial charge on any atom is -0.394 e. The molecule has 0 radical (unpaired) electrons. The van der Waals surface area contributed by atoms with Crippen LogP contribution >= 0.6 is 0 Å². The van der Waals surface area contributed by atoms with Gasteiger partial charge in [-0.1, -0.05) is 11.6 Å². The molecule has 1 aliphatic heterocycles. The van der Waals surface area contributed by atoms with Crippen LogP contribution in [-0.2, 0) is 4.84 Å². The van der Waals surface area contributed by atoms with Gasteiger partial charge in [-0.2, -0.15) is 0 Å². The van der Waals surface area contributed by atoms with Crippen molar-refractivity contribution in [2.45, 2.75) is 25.7 Å². The number of likely N-dealkylation sites (tertiary alicyclic amines) is 1. The summed E-state index contributed by atoms with van der Waals surface area (Å²) in [6.07, 6.45) is 5.03. The Balaban J connectivity index is 1.70. The third-order valence-corrected chi connectivity index (χ3v) is 4.00. The summed E-state index contributed by atoms with van der Waals surface area (Å²) in [4.78, 5) is 9.89. The summed E-state index contributed by atoms with van der Waals surface area (Å²) in [5.41, 5.74) is 7.98. The largest absolute Gasteiger partial charge is 0.394 e. The van der Waals surface area contributed by atoms with Crippen molar-refractivity contribution in [3.8, 4) is 0 Å². The maximum Gasteiger partial charge on any atom is 0.170 e. The quantitative estimate of drug-likeness (QED) is 0.363. The Morgan fingerprint density at radius 1 is 1.18 bits per heavy atom. The second kappa shape index (κ2) is 8.63. The molecule has 0 saturated carbocycles. The van der Waals surface area contributed by atoms with E-state index in [2.05, 4.69) is 10.1 Å². The van der Waals surface area contributed by atoms with Crippen LogP contribution in [0.25, 0.3) is 0 Å². The molecule has 1 saturated heterocycles. The molecule has 2 rings (SSSR count). The van der Waals surface area contributed by atoms with Crippen LogP contribution in [0.1, 0.15) is 31.2 Å². The average Bonchev–Trinajstić information content (AvgIpc) is 2.55. The summed E-state index contributed by atoms with van der Waals surface area (Å²) in [5, 5.41) is 4.01. The zero-order chi connectivity index (χ0) is 15.8. The van der Waals surface area contributed by atoms with E-state index in [0.717, 1.165) is 24.2 Å². The fourth-order valence-corrected chi connectivity index (χ4v) is 2.63. The van der Waals surface area contributed by atoms with Gasteiger partial charge >= 0.3 is 0 Å². The number of rotatable bonds is 7. The zero-order valence-electron chi connectivity index (χ0n) is 13.8. The monoisotopic (exact) mass is 304 g/mol. The molecular weight excluding hydrogens is 276 g/mol. The SMILES string of the molecule is CN(C)c1ccc(C(N)=NOCCCN2CCCCC2)cc1. The van der Waals surface area contributed by atoms with Crippen LogP contribution in [0.4, 0.5) is 5.69 Å². The van der Waals surface area contributed by atoms with Gasteiger partial charge in [0.2, 0.25) is 0 Å². The third-order valence-electron chi connectivity index (χ3n) is 4.00. The van der Waals surface area contributed by atoms with Crippen molar-refractivity contribution in [1.29, 1.82) is 0 Å². The highest BCUT2D eigenvalue weighted by Crippen LogP contribution is 2.12. The maximum absolute atomic E-state index is 5.95. The van der Waals surface area contributed by atoms with Gasteiger partial charge in [0.05, 0.1) is 0 Å². The molecule has 22 heavy (non-hydrogen) atoms. The Morgan fingerprint density at radius 3 is 2.50 bits per heavy atom. The van der Waals surface area contributed by atoms with Gasteiger partial charge in [-0.25, -0.2) is 0 Å². The summed E-state index contributed by atoms with van der Waals surface area (Å²) in [5.74, 6) is 0.434. The lowest BCUT2D eigenvalue weighted by molar-refractivity contribution is 0.124. The number of hydrogen-bond donors (Lipinski definition) is 1. The average molecular weight is 304 g/mol. The molecule has 0 bridgehead atoms. The van der Waals surface area contributed by atoms with Crippen molar-refractivity contribution in [2.75, 3.05) is 45.2 Å². The zero-order valence-corrected chi connectivity index (χ0v) is 13.8. The molecule has 1 heterocycles. The van der Waals surface area contributed by atoms with Crippen LogP contribution < -0.4 is 10.6 Å². The molecule has 2 N–H and O–H groups in total. The van der Waals surface area contributed by atoms with Gasteiger partial charge in [-0.15, -0.1) is 0 Å². The molecule has 1 fully saturated rings. The van der Waals surface area contributed by atoms with Crippen LogP contribution in [0.3, 0.4) is 0 Å². The number of oxime groups is 1. The van der Waals surface area contributed by atoms with Crippen LogP contribution in [0.15, 0.2) is 29.4 Å². The molecule has 5 heteroatoms. The first-order valence-electron chi connectivity index (χ1n) is 8.12. The number of nitrogens with two attached hydrogens (primary N) is 1. The summed E-state index contributed by atoms with van der Waals surface area (Å²) in [6.45, 7) is 4.16. The van der Waals surface area contributed by atoms with E-state index in [9.17, 15) is 0 Å². The van der Waals surface area contributed by atoms with Crippen molar-refractivity contribution in [2.24, 2.45) is 10.9 Å². The van der Waals surface area contributed by atoms with Gasteiger partial charge in [0.1, 0.15) is 6.61 Å². The Morgan fingerprint density at radius 2 is 1.86 bits per heavy atom. The highest BCUT2D eigenvalue weighted by Gasteiger charge is 2.09. The number of benzene rings is 1. The van der Waals surface area contributed by atoms with Crippen molar-refractivity contribution >= 4 is 11.5 Å². The molecule has 1 aromatic carbocycles. The Bertz CT molecular complexity index is 464. The standard InChI is InChI=1S/C17H28N4O/c1-20(2)16-9-7-15(8-10-16)17(18)19-22-14-6-13-21-11-4-3-5-12-21/h7-10H,3-6,11-14H2,1-2H3,(H2,18,19). The lowest BCUT2D eigenvalue weighted by Gasteiger charge is -2.25. The molecular formula is C17H28N4O. The highest BCUT2D eigenvalue weighted by atomic mass is 16.6. The van der Waals surface area contributed by atoms with Gasteiger partial charge in [-0.3, -0.25) is 0 Å². The number of hydrogen-bond acceptors (Lipinski definition) is 4. The molecule has 0 aromatic heterocycles. The topological polar surface area (TPSA) is 54.1 Å². The van der Waals surface area contributed by atoms with E-state index in [0.29, 0.717) is 12.4 Å². The first-order valence-corrected chi connectivity index (χ1v) is 8.12. The van der Waals surface area contributed by atoms with Crippen LogP contribution in [-0.4, -0.2) is 51.1 Å². The predicted octanol–water partition coefficient (Wildman–Crippen LogP) is 2.27. The van der Waals surface area contributed by atoms with Crippen LogP contribution in [0, 0.1) is 0 Å². The van der Waals surface area contributed by atoms with Gasteiger partial charge in [0, 0.05) is 31.9 Å². The summed E-state index contributed by atoms with van der Waals surface area (Å²) >= 11 is 0. The smallest absolute Gasteiger partial charge is 0.170 e. The molecule has 0 spiro atoms. The molecule has 122 valence electrons. The van der Waals surface area contributed by atoms with Gasteiger partial charge in [0.15, 0.2) is 5.84 Å². The summed E-state index contributed by atoms with van der Waals surface area (Å²) in [7, 11) is 4.02. The fraction of sp³-hybridized carbons (Fsp3) is 0.588. The number of amidine groups is 1. The summed E-state index contributed by atoms with van der Waals surface area (Å²) in [6, 6.07) is 7.97. The molecule has 1 aromatic rings. The number of piperidine rings is 1. The van der Waals surface area contributed by atoms with Crippen LogP contribution in [0.5, 0.6) is 0 Å². The van der Waals surface area contributed by atoms with Gasteiger partial charge in [0.25, 0.3) is 0 Å². The van der Waals surface area contributed by atoms with Gasteiger partial charge in [-0.05, 0) is 56.6 Å². The second-order valence-electron chi connectivity index (χ2n) is 6.01. The third kappa shape index (κ3) is 5.22. The van der Waals surface area contributed by atoms with Crippen molar-refractivity contribution in [3.05, 3.63) is 29.8 Å². The Kier molecular flexibility index (Phi) is 6.52. The van der Waals surface area contributed by atoms with E-state index in [-0.39, 0.29) is 0 Å².